The lowest BCUT2D eigenvalue weighted by Gasteiger charge is -2.17. The van der Waals surface area contributed by atoms with Gasteiger partial charge >= 0.3 is 0 Å². The molecule has 0 fully saturated rings. The molecule has 2 N–H and O–H groups in total. The summed E-state index contributed by atoms with van der Waals surface area (Å²) in [5.41, 5.74) is 4.08. The van der Waals surface area contributed by atoms with Crippen molar-refractivity contribution >= 4 is 34.5 Å². The first kappa shape index (κ1) is 18.8. The second kappa shape index (κ2) is 8.60. The average Bonchev–Trinajstić information content (AvgIpc) is 2.69. The highest BCUT2D eigenvalue weighted by molar-refractivity contribution is 7.80. The lowest BCUT2D eigenvalue weighted by atomic mass is 10.0. The van der Waals surface area contributed by atoms with Gasteiger partial charge < -0.3 is 10.6 Å². The fourth-order valence-electron chi connectivity index (χ4n) is 2.93. The zero-order valence-corrected chi connectivity index (χ0v) is 16.2. The van der Waals surface area contributed by atoms with Crippen LogP contribution in [0.25, 0.3) is 0 Å². The summed E-state index contributed by atoms with van der Waals surface area (Å²) in [7, 11) is 0. The van der Waals surface area contributed by atoms with E-state index in [1.807, 2.05) is 72.8 Å². The number of hydrogen-bond acceptors (Lipinski definition) is 2. The summed E-state index contributed by atoms with van der Waals surface area (Å²) < 4.78 is 0. The Balaban J connectivity index is 1.81. The third kappa shape index (κ3) is 4.60. The maximum atomic E-state index is 12.8. The van der Waals surface area contributed by atoms with E-state index in [0.717, 1.165) is 5.69 Å². The van der Waals surface area contributed by atoms with Crippen molar-refractivity contribution in [3.05, 3.63) is 95.6 Å². The number of anilines is 2. The minimum Gasteiger partial charge on any atom is -0.332 e. The molecule has 0 aliphatic carbocycles. The predicted molar refractivity (Wildman–Crippen MR) is 117 cm³/mol. The van der Waals surface area contributed by atoms with Gasteiger partial charge in [0.2, 0.25) is 0 Å². The van der Waals surface area contributed by atoms with Crippen molar-refractivity contribution in [3.8, 4) is 0 Å². The van der Waals surface area contributed by atoms with E-state index in [4.69, 9.17) is 12.2 Å². The maximum Gasteiger partial charge on any atom is 0.195 e. The standard InChI is InChI=1S/C23H22N2OS/c1-16(2)18-12-6-8-14-20(18)24-23(27)25-21-15-9-7-13-19(21)22(26)17-10-4-3-5-11-17/h3-16H,1-2H3,(H2,24,25,27). The summed E-state index contributed by atoms with van der Waals surface area (Å²) in [5.74, 6) is 0.340. The van der Waals surface area contributed by atoms with Crippen molar-refractivity contribution in [1.29, 1.82) is 0 Å². The van der Waals surface area contributed by atoms with Crippen LogP contribution in [0.4, 0.5) is 11.4 Å². The Morgan fingerprint density at radius 1 is 0.778 bits per heavy atom. The molecule has 3 aromatic carbocycles. The summed E-state index contributed by atoms with van der Waals surface area (Å²) >= 11 is 5.49. The lowest BCUT2D eigenvalue weighted by molar-refractivity contribution is 0.103. The van der Waals surface area contributed by atoms with Gasteiger partial charge in [-0.05, 0) is 41.9 Å². The largest absolute Gasteiger partial charge is 0.332 e. The molecule has 0 aliphatic rings. The van der Waals surface area contributed by atoms with E-state index in [1.54, 1.807) is 0 Å². The molecule has 27 heavy (non-hydrogen) atoms. The van der Waals surface area contributed by atoms with Crippen LogP contribution in [0.2, 0.25) is 0 Å². The molecule has 3 aromatic rings. The summed E-state index contributed by atoms with van der Waals surface area (Å²) in [4.78, 5) is 12.8. The van der Waals surface area contributed by atoms with Crippen LogP contribution in [0, 0.1) is 0 Å². The van der Waals surface area contributed by atoms with Crippen LogP contribution < -0.4 is 10.6 Å². The first-order valence-electron chi connectivity index (χ1n) is 8.92. The quantitative estimate of drug-likeness (QED) is 0.434. The molecule has 0 bridgehead atoms. The number of rotatable bonds is 5. The lowest BCUT2D eigenvalue weighted by Crippen LogP contribution is -2.21. The molecule has 0 saturated heterocycles. The van der Waals surface area contributed by atoms with Gasteiger partial charge in [0.05, 0.1) is 5.69 Å². The molecule has 0 radical (unpaired) electrons. The van der Waals surface area contributed by atoms with Crippen molar-refractivity contribution in [2.24, 2.45) is 0 Å². The Hall–Kier alpha value is -2.98. The molecule has 0 spiro atoms. The fourth-order valence-corrected chi connectivity index (χ4v) is 3.15. The van der Waals surface area contributed by atoms with Crippen molar-refractivity contribution in [2.75, 3.05) is 10.6 Å². The topological polar surface area (TPSA) is 41.1 Å². The van der Waals surface area contributed by atoms with Crippen LogP contribution in [-0.2, 0) is 0 Å². The number of ketones is 1. The van der Waals surface area contributed by atoms with Gasteiger partial charge in [0.1, 0.15) is 0 Å². The number of thiocarbonyl (C=S) groups is 1. The zero-order valence-electron chi connectivity index (χ0n) is 15.4. The monoisotopic (exact) mass is 374 g/mol. The van der Waals surface area contributed by atoms with Gasteiger partial charge in [-0.3, -0.25) is 4.79 Å². The second-order valence-electron chi connectivity index (χ2n) is 6.56. The van der Waals surface area contributed by atoms with Crippen molar-refractivity contribution in [1.82, 2.24) is 0 Å². The third-order valence-corrected chi connectivity index (χ3v) is 4.49. The van der Waals surface area contributed by atoms with E-state index in [2.05, 4.69) is 30.5 Å². The van der Waals surface area contributed by atoms with Crippen LogP contribution in [0.3, 0.4) is 0 Å². The van der Waals surface area contributed by atoms with Gasteiger partial charge in [0.25, 0.3) is 0 Å². The minimum absolute atomic E-state index is 0.0379. The van der Waals surface area contributed by atoms with Crippen LogP contribution in [0.1, 0.15) is 41.3 Å². The van der Waals surface area contributed by atoms with E-state index < -0.39 is 0 Å². The van der Waals surface area contributed by atoms with Crippen LogP contribution in [0.15, 0.2) is 78.9 Å². The Morgan fingerprint density at radius 3 is 2.04 bits per heavy atom. The van der Waals surface area contributed by atoms with E-state index in [1.165, 1.54) is 5.56 Å². The number of hydrogen-bond donors (Lipinski definition) is 2. The number of nitrogens with one attached hydrogen (secondary N) is 2. The first-order valence-corrected chi connectivity index (χ1v) is 9.33. The fraction of sp³-hybridized carbons (Fsp3) is 0.130. The third-order valence-electron chi connectivity index (χ3n) is 4.29. The Labute approximate surface area is 165 Å². The molecule has 0 saturated carbocycles. The van der Waals surface area contributed by atoms with Crippen molar-refractivity contribution in [2.45, 2.75) is 19.8 Å². The molecular weight excluding hydrogens is 352 g/mol. The SMILES string of the molecule is CC(C)c1ccccc1NC(=S)Nc1ccccc1C(=O)c1ccccc1. The number of carbonyl (C=O) groups excluding carboxylic acids is 1. The summed E-state index contributed by atoms with van der Waals surface area (Å²) in [6, 6.07) is 24.7. The molecule has 0 heterocycles. The maximum absolute atomic E-state index is 12.8. The van der Waals surface area contributed by atoms with Gasteiger partial charge in [0.15, 0.2) is 10.9 Å². The molecule has 3 nitrogen and oxygen atoms in total. The molecule has 136 valence electrons. The Morgan fingerprint density at radius 2 is 1.33 bits per heavy atom. The van der Waals surface area contributed by atoms with E-state index in [-0.39, 0.29) is 5.78 Å². The van der Waals surface area contributed by atoms with Gasteiger partial charge in [0, 0.05) is 16.8 Å². The second-order valence-corrected chi connectivity index (χ2v) is 6.97. The smallest absolute Gasteiger partial charge is 0.195 e. The predicted octanol–water partition coefficient (Wildman–Crippen LogP) is 5.85. The molecule has 0 aliphatic heterocycles. The zero-order chi connectivity index (χ0) is 19.2. The molecular formula is C23H22N2OS. The van der Waals surface area contributed by atoms with Crippen LogP contribution in [0.5, 0.6) is 0 Å². The Bertz CT molecular complexity index is 951. The van der Waals surface area contributed by atoms with Gasteiger partial charge in [-0.1, -0.05) is 74.5 Å². The molecule has 4 heteroatoms. The van der Waals surface area contributed by atoms with E-state index in [0.29, 0.717) is 27.8 Å². The minimum atomic E-state index is -0.0379. The van der Waals surface area contributed by atoms with Gasteiger partial charge in [-0.15, -0.1) is 0 Å². The summed E-state index contributed by atoms with van der Waals surface area (Å²) in [6.45, 7) is 4.29. The first-order chi connectivity index (χ1) is 13.1. The molecule has 0 unspecified atom stereocenters. The number of carbonyl (C=O) groups is 1. The normalized spacial score (nSPS) is 10.5. The van der Waals surface area contributed by atoms with E-state index in [9.17, 15) is 4.79 Å². The number of benzene rings is 3. The van der Waals surface area contributed by atoms with Crippen molar-refractivity contribution in [3.63, 3.8) is 0 Å². The highest BCUT2D eigenvalue weighted by atomic mass is 32.1. The van der Waals surface area contributed by atoms with Gasteiger partial charge in [-0.25, -0.2) is 0 Å². The molecule has 0 atom stereocenters. The summed E-state index contributed by atoms with van der Waals surface area (Å²) in [5, 5.41) is 6.89. The highest BCUT2D eigenvalue weighted by Crippen LogP contribution is 2.24. The van der Waals surface area contributed by atoms with Crippen LogP contribution >= 0.6 is 12.2 Å². The van der Waals surface area contributed by atoms with Gasteiger partial charge in [-0.2, -0.15) is 0 Å². The molecule has 3 rings (SSSR count). The van der Waals surface area contributed by atoms with Crippen LogP contribution in [-0.4, -0.2) is 10.9 Å². The van der Waals surface area contributed by atoms with Crippen molar-refractivity contribution < 1.29 is 4.79 Å². The average molecular weight is 375 g/mol. The molecule has 0 amide bonds. The van der Waals surface area contributed by atoms with E-state index >= 15 is 0 Å². The molecule has 0 aromatic heterocycles. The highest BCUT2D eigenvalue weighted by Gasteiger charge is 2.14. The number of para-hydroxylation sites is 2. The Kier molecular flexibility index (Phi) is 5.99. The summed E-state index contributed by atoms with van der Waals surface area (Å²) in [6.07, 6.45) is 0.